The molecule has 1 aliphatic heterocycles. The Morgan fingerprint density at radius 1 is 1.30 bits per heavy atom. The average molecular weight is 388 g/mol. The molecule has 1 heterocycles. The number of nitrogens with one attached hydrogen (secondary N) is 2. The molecular weight excluding hydrogens is 362 g/mol. The zero-order chi connectivity index (χ0) is 19.6. The predicted octanol–water partition coefficient (Wildman–Crippen LogP) is 3.12. The number of ether oxygens (including phenoxy) is 1. The van der Waals surface area contributed by atoms with Crippen molar-refractivity contribution < 1.29 is 14.3 Å². The molecule has 27 heavy (non-hydrogen) atoms. The molecule has 0 radical (unpaired) electrons. The van der Waals surface area contributed by atoms with Gasteiger partial charge in [0.15, 0.2) is 5.11 Å². The molecule has 1 aliphatic carbocycles. The molecule has 1 fully saturated rings. The second-order valence-electron chi connectivity index (χ2n) is 6.90. The van der Waals surface area contributed by atoms with Crippen LogP contribution < -0.4 is 10.6 Å². The zero-order valence-corrected chi connectivity index (χ0v) is 16.7. The number of amides is 1. The van der Waals surface area contributed by atoms with Crippen LogP contribution in [-0.2, 0) is 14.3 Å². The molecule has 144 valence electrons. The summed E-state index contributed by atoms with van der Waals surface area (Å²) >= 11 is 5.39. The summed E-state index contributed by atoms with van der Waals surface area (Å²) in [7, 11) is 1.82. The summed E-state index contributed by atoms with van der Waals surface area (Å²) in [5.74, 6) is -0.140. The van der Waals surface area contributed by atoms with Gasteiger partial charge in [-0.2, -0.15) is 0 Å². The van der Waals surface area contributed by atoms with Crippen LogP contribution in [0.1, 0.15) is 44.7 Å². The van der Waals surface area contributed by atoms with E-state index in [0.717, 1.165) is 36.2 Å². The standard InChI is InChI=1S/C20H25N3O3S/c1-4-26-19(25)16-12(2)23(3)20(27)22-17(16)13-8-10-15(11-9-13)21-18(24)14-6-5-7-14/h8-11,14,17H,4-7H2,1-3H3,(H,21,24)(H,22,27). The number of hydrogen-bond acceptors (Lipinski definition) is 4. The highest BCUT2D eigenvalue weighted by molar-refractivity contribution is 7.80. The number of thiocarbonyl (C=S) groups is 1. The maximum Gasteiger partial charge on any atom is 0.338 e. The molecule has 1 aromatic carbocycles. The highest BCUT2D eigenvalue weighted by Gasteiger charge is 2.33. The van der Waals surface area contributed by atoms with Gasteiger partial charge in [0.1, 0.15) is 0 Å². The minimum absolute atomic E-state index is 0.0792. The normalized spacial score (nSPS) is 20.0. The van der Waals surface area contributed by atoms with Crippen LogP contribution in [0.5, 0.6) is 0 Å². The second kappa shape index (κ2) is 8.08. The van der Waals surface area contributed by atoms with Gasteiger partial charge in [-0.25, -0.2) is 4.79 Å². The van der Waals surface area contributed by atoms with Crippen LogP contribution in [0.3, 0.4) is 0 Å². The number of allylic oxidation sites excluding steroid dienone is 1. The summed E-state index contributed by atoms with van der Waals surface area (Å²) in [6.45, 7) is 3.95. The zero-order valence-electron chi connectivity index (χ0n) is 15.9. The van der Waals surface area contributed by atoms with Crippen molar-refractivity contribution in [1.29, 1.82) is 0 Å². The monoisotopic (exact) mass is 387 g/mol. The van der Waals surface area contributed by atoms with Gasteiger partial charge in [-0.05, 0) is 56.6 Å². The van der Waals surface area contributed by atoms with Gasteiger partial charge in [0.25, 0.3) is 0 Å². The van der Waals surface area contributed by atoms with Gasteiger partial charge in [-0.15, -0.1) is 0 Å². The summed E-state index contributed by atoms with van der Waals surface area (Å²) in [6.07, 6.45) is 3.06. The molecule has 2 N–H and O–H groups in total. The third-order valence-electron chi connectivity index (χ3n) is 5.24. The van der Waals surface area contributed by atoms with Crippen molar-refractivity contribution in [2.45, 2.75) is 39.2 Å². The van der Waals surface area contributed by atoms with Gasteiger partial charge in [-0.1, -0.05) is 18.6 Å². The van der Waals surface area contributed by atoms with E-state index in [1.165, 1.54) is 0 Å². The van der Waals surface area contributed by atoms with Crippen molar-refractivity contribution in [1.82, 2.24) is 10.2 Å². The average Bonchev–Trinajstić information content (AvgIpc) is 2.58. The first-order valence-corrected chi connectivity index (χ1v) is 9.66. The highest BCUT2D eigenvalue weighted by atomic mass is 32.1. The smallest absolute Gasteiger partial charge is 0.338 e. The topological polar surface area (TPSA) is 70.7 Å². The molecule has 0 aromatic heterocycles. The maximum absolute atomic E-state index is 12.5. The molecule has 2 aliphatic rings. The van der Waals surface area contributed by atoms with Crippen molar-refractivity contribution in [2.24, 2.45) is 5.92 Å². The van der Waals surface area contributed by atoms with Gasteiger partial charge in [0, 0.05) is 24.4 Å². The fourth-order valence-electron chi connectivity index (χ4n) is 3.23. The molecule has 1 saturated carbocycles. The first-order chi connectivity index (χ1) is 12.9. The first-order valence-electron chi connectivity index (χ1n) is 9.25. The number of benzene rings is 1. The van der Waals surface area contributed by atoms with E-state index in [1.54, 1.807) is 11.8 Å². The van der Waals surface area contributed by atoms with Crippen LogP contribution in [-0.4, -0.2) is 35.5 Å². The number of anilines is 1. The molecule has 3 rings (SSSR count). The first kappa shape index (κ1) is 19.4. The van der Waals surface area contributed by atoms with E-state index in [4.69, 9.17) is 17.0 Å². The van der Waals surface area contributed by atoms with Crippen molar-refractivity contribution in [3.05, 3.63) is 41.1 Å². The molecule has 1 unspecified atom stereocenters. The summed E-state index contributed by atoms with van der Waals surface area (Å²) in [4.78, 5) is 26.4. The van der Waals surface area contributed by atoms with Crippen molar-refractivity contribution >= 4 is 34.9 Å². The largest absolute Gasteiger partial charge is 0.463 e. The Kier molecular flexibility index (Phi) is 5.79. The summed E-state index contributed by atoms with van der Waals surface area (Å²) in [5, 5.41) is 6.72. The van der Waals surface area contributed by atoms with Crippen molar-refractivity contribution in [3.63, 3.8) is 0 Å². The molecule has 0 spiro atoms. The Morgan fingerprint density at radius 2 is 1.96 bits per heavy atom. The van der Waals surface area contributed by atoms with Gasteiger partial charge in [0.05, 0.1) is 18.2 Å². The lowest BCUT2D eigenvalue weighted by Gasteiger charge is -2.35. The van der Waals surface area contributed by atoms with E-state index in [0.29, 0.717) is 17.3 Å². The van der Waals surface area contributed by atoms with Crippen LogP contribution in [0.15, 0.2) is 35.5 Å². The Balaban J connectivity index is 1.83. The van der Waals surface area contributed by atoms with Crippen LogP contribution >= 0.6 is 12.2 Å². The Bertz CT molecular complexity index is 784. The Labute approximate surface area is 164 Å². The van der Waals surface area contributed by atoms with Gasteiger partial charge < -0.3 is 20.3 Å². The number of nitrogens with zero attached hydrogens (tertiary/aromatic N) is 1. The summed E-state index contributed by atoms with van der Waals surface area (Å²) in [5.41, 5.74) is 2.95. The number of rotatable bonds is 5. The second-order valence-corrected chi connectivity index (χ2v) is 7.29. The fourth-order valence-corrected chi connectivity index (χ4v) is 3.49. The summed E-state index contributed by atoms with van der Waals surface area (Å²) < 4.78 is 5.24. The predicted molar refractivity (Wildman–Crippen MR) is 108 cm³/mol. The van der Waals surface area contributed by atoms with E-state index in [2.05, 4.69) is 10.6 Å². The van der Waals surface area contributed by atoms with Gasteiger partial charge in [-0.3, -0.25) is 4.79 Å². The third kappa shape index (κ3) is 3.98. The van der Waals surface area contributed by atoms with Crippen LogP contribution in [0.2, 0.25) is 0 Å². The van der Waals surface area contributed by atoms with Crippen LogP contribution in [0.25, 0.3) is 0 Å². The van der Waals surface area contributed by atoms with E-state index < -0.39 is 0 Å². The number of hydrogen-bond donors (Lipinski definition) is 2. The molecule has 7 heteroatoms. The highest BCUT2D eigenvalue weighted by Crippen LogP contribution is 2.32. The lowest BCUT2D eigenvalue weighted by Crippen LogP contribution is -2.46. The lowest BCUT2D eigenvalue weighted by molar-refractivity contribution is -0.139. The Hall–Kier alpha value is -2.41. The molecule has 1 amide bonds. The fraction of sp³-hybridized carbons (Fsp3) is 0.450. The lowest BCUT2D eigenvalue weighted by atomic mass is 9.85. The number of esters is 1. The Morgan fingerprint density at radius 3 is 2.52 bits per heavy atom. The molecule has 0 bridgehead atoms. The molecular formula is C20H25N3O3S. The van der Waals surface area contributed by atoms with Crippen LogP contribution in [0, 0.1) is 5.92 Å². The molecule has 1 atom stereocenters. The van der Waals surface area contributed by atoms with E-state index >= 15 is 0 Å². The number of carbonyl (C=O) groups is 2. The maximum atomic E-state index is 12.5. The van der Waals surface area contributed by atoms with E-state index in [1.807, 2.05) is 38.2 Å². The minimum Gasteiger partial charge on any atom is -0.463 e. The minimum atomic E-state index is -0.385. The number of carbonyl (C=O) groups excluding carboxylic acids is 2. The summed E-state index contributed by atoms with van der Waals surface area (Å²) in [6, 6.07) is 7.12. The molecule has 0 saturated heterocycles. The molecule has 6 nitrogen and oxygen atoms in total. The SMILES string of the molecule is CCOC(=O)C1=C(C)N(C)C(=S)NC1c1ccc(NC(=O)C2CCC2)cc1. The van der Waals surface area contributed by atoms with Crippen molar-refractivity contribution in [2.75, 3.05) is 19.0 Å². The van der Waals surface area contributed by atoms with Crippen molar-refractivity contribution in [3.8, 4) is 0 Å². The van der Waals surface area contributed by atoms with Gasteiger partial charge >= 0.3 is 5.97 Å². The molecule has 1 aromatic rings. The quantitative estimate of drug-likeness (QED) is 0.598. The van der Waals surface area contributed by atoms with E-state index in [-0.39, 0.29) is 23.8 Å². The van der Waals surface area contributed by atoms with Gasteiger partial charge in [0.2, 0.25) is 5.91 Å². The van der Waals surface area contributed by atoms with E-state index in [9.17, 15) is 9.59 Å². The van der Waals surface area contributed by atoms with Crippen LogP contribution in [0.4, 0.5) is 5.69 Å². The third-order valence-corrected chi connectivity index (χ3v) is 5.63.